The van der Waals surface area contributed by atoms with Gasteiger partial charge in [0.1, 0.15) is 5.69 Å². The van der Waals surface area contributed by atoms with Crippen molar-refractivity contribution in [2.75, 3.05) is 26.3 Å². The number of rotatable bonds is 3. The van der Waals surface area contributed by atoms with Crippen LogP contribution in [0.15, 0.2) is 24.3 Å². The third-order valence-corrected chi connectivity index (χ3v) is 6.34. The number of hydrogen-bond donors (Lipinski definition) is 0. The minimum Gasteiger partial charge on any atom is -0.378 e. The van der Waals surface area contributed by atoms with Crippen LogP contribution in [0.25, 0.3) is 10.9 Å². The average Bonchev–Trinajstić information content (AvgIpc) is 3.07. The van der Waals surface area contributed by atoms with E-state index in [-0.39, 0.29) is 5.91 Å². The quantitative estimate of drug-likeness (QED) is 0.571. The van der Waals surface area contributed by atoms with Crippen molar-refractivity contribution >= 4 is 40.0 Å². The van der Waals surface area contributed by atoms with Gasteiger partial charge < -0.3 is 14.2 Å². The molecule has 1 aliphatic rings. The zero-order chi connectivity index (χ0) is 21.4. The SMILES string of the molecule is C#Cc1cc2c(cc(Cc3c(Cl)ccc(C(=O)N4CCOCC4)c3Cl)n2C)c(C)n1. The van der Waals surface area contributed by atoms with Crippen molar-refractivity contribution in [2.24, 2.45) is 7.05 Å². The highest BCUT2D eigenvalue weighted by atomic mass is 35.5. The molecule has 2 aromatic heterocycles. The molecule has 0 unspecified atom stereocenters. The second-order valence-corrected chi connectivity index (χ2v) is 8.12. The molecular weight excluding hydrogens is 421 g/mol. The molecule has 0 spiro atoms. The molecule has 1 fully saturated rings. The van der Waals surface area contributed by atoms with Crippen molar-refractivity contribution in [3.63, 3.8) is 0 Å². The predicted octanol–water partition coefficient (Wildman–Crippen LogP) is 4.23. The molecule has 0 bridgehead atoms. The molecule has 0 aliphatic carbocycles. The van der Waals surface area contributed by atoms with E-state index in [1.165, 1.54) is 0 Å². The summed E-state index contributed by atoms with van der Waals surface area (Å²) >= 11 is 13.2. The lowest BCUT2D eigenvalue weighted by molar-refractivity contribution is 0.0303. The Labute approximate surface area is 185 Å². The molecule has 7 heteroatoms. The van der Waals surface area contributed by atoms with Crippen LogP contribution >= 0.6 is 23.2 Å². The van der Waals surface area contributed by atoms with Crippen molar-refractivity contribution in [3.8, 4) is 12.3 Å². The fourth-order valence-electron chi connectivity index (χ4n) is 3.83. The van der Waals surface area contributed by atoms with Crippen LogP contribution in [0.2, 0.25) is 10.0 Å². The van der Waals surface area contributed by atoms with Gasteiger partial charge in [-0.05, 0) is 36.8 Å². The molecule has 5 nitrogen and oxygen atoms in total. The van der Waals surface area contributed by atoms with E-state index in [0.717, 1.165) is 27.9 Å². The molecule has 0 atom stereocenters. The van der Waals surface area contributed by atoms with Gasteiger partial charge >= 0.3 is 0 Å². The van der Waals surface area contributed by atoms with Gasteiger partial charge in [-0.15, -0.1) is 6.42 Å². The van der Waals surface area contributed by atoms with Crippen molar-refractivity contribution in [1.82, 2.24) is 14.5 Å². The lowest BCUT2D eigenvalue weighted by Crippen LogP contribution is -2.40. The molecule has 3 aromatic rings. The molecule has 1 aromatic carbocycles. The zero-order valence-electron chi connectivity index (χ0n) is 16.8. The third-order valence-electron chi connectivity index (χ3n) is 5.55. The maximum absolute atomic E-state index is 13.0. The fourth-order valence-corrected chi connectivity index (χ4v) is 4.41. The first-order chi connectivity index (χ1) is 14.4. The van der Waals surface area contributed by atoms with Crippen molar-refractivity contribution in [3.05, 3.63) is 62.5 Å². The number of carbonyl (C=O) groups excluding carboxylic acids is 1. The Balaban J connectivity index is 1.73. The van der Waals surface area contributed by atoms with Crippen LogP contribution in [0, 0.1) is 19.3 Å². The minimum absolute atomic E-state index is 0.100. The topological polar surface area (TPSA) is 47.4 Å². The molecule has 154 valence electrons. The van der Waals surface area contributed by atoms with Crippen molar-refractivity contribution in [1.29, 1.82) is 0 Å². The summed E-state index contributed by atoms with van der Waals surface area (Å²) in [6.45, 7) is 4.12. The largest absolute Gasteiger partial charge is 0.378 e. The minimum atomic E-state index is -0.100. The summed E-state index contributed by atoms with van der Waals surface area (Å²) in [5, 5.41) is 1.95. The van der Waals surface area contributed by atoms with E-state index in [1.807, 2.05) is 20.0 Å². The molecule has 3 heterocycles. The first-order valence-corrected chi connectivity index (χ1v) is 10.4. The van der Waals surface area contributed by atoms with E-state index in [4.69, 9.17) is 34.4 Å². The lowest BCUT2D eigenvalue weighted by atomic mass is 10.0. The second-order valence-electron chi connectivity index (χ2n) is 7.33. The number of carbonyl (C=O) groups is 1. The standard InChI is InChI=1S/C23H21Cl2N3O2/c1-4-15-11-21-18(14(2)26-15)12-16(27(21)3)13-19-20(24)6-5-17(22(19)25)23(29)28-7-9-30-10-8-28/h1,5-6,11-12H,7-10,13H2,2-3H3. The average molecular weight is 442 g/mol. The molecule has 1 amide bonds. The van der Waals surface area contributed by atoms with Crippen LogP contribution in [0.1, 0.15) is 33.0 Å². The predicted molar refractivity (Wildman–Crippen MR) is 119 cm³/mol. The van der Waals surface area contributed by atoms with Crippen LogP contribution in [0.4, 0.5) is 0 Å². The fraction of sp³-hybridized carbons (Fsp3) is 0.304. The number of morpholine rings is 1. The number of pyridine rings is 1. The molecule has 4 rings (SSSR count). The molecular formula is C23H21Cl2N3O2. The number of halogens is 2. The van der Waals surface area contributed by atoms with Gasteiger partial charge in [-0.25, -0.2) is 4.98 Å². The highest BCUT2D eigenvalue weighted by molar-refractivity contribution is 6.38. The molecule has 30 heavy (non-hydrogen) atoms. The molecule has 1 saturated heterocycles. The Morgan fingerprint density at radius 2 is 2.00 bits per heavy atom. The van der Waals surface area contributed by atoms with Gasteiger partial charge in [0.15, 0.2) is 0 Å². The first-order valence-electron chi connectivity index (χ1n) is 9.67. The van der Waals surface area contributed by atoms with Gasteiger partial charge in [-0.2, -0.15) is 0 Å². The van der Waals surface area contributed by atoms with Gasteiger partial charge in [0.2, 0.25) is 0 Å². The third kappa shape index (κ3) is 3.67. The monoisotopic (exact) mass is 441 g/mol. The molecule has 1 aliphatic heterocycles. The molecule has 0 saturated carbocycles. The summed E-state index contributed by atoms with van der Waals surface area (Å²) in [4.78, 5) is 19.2. The Morgan fingerprint density at radius 1 is 1.27 bits per heavy atom. The number of nitrogens with zero attached hydrogens (tertiary/aromatic N) is 3. The van der Waals surface area contributed by atoms with Crippen LogP contribution in [0.3, 0.4) is 0 Å². The van der Waals surface area contributed by atoms with E-state index in [0.29, 0.717) is 54.0 Å². The summed E-state index contributed by atoms with van der Waals surface area (Å²) in [5.74, 6) is 2.50. The summed E-state index contributed by atoms with van der Waals surface area (Å²) in [6.07, 6.45) is 6.02. The van der Waals surface area contributed by atoms with Gasteiger partial charge in [0.05, 0.1) is 29.3 Å². The number of amides is 1. The maximum atomic E-state index is 13.0. The van der Waals surface area contributed by atoms with Crippen LogP contribution in [-0.2, 0) is 18.2 Å². The number of aryl methyl sites for hydroxylation is 2. The van der Waals surface area contributed by atoms with Gasteiger partial charge in [-0.1, -0.05) is 29.1 Å². The van der Waals surface area contributed by atoms with Crippen LogP contribution in [-0.4, -0.2) is 46.7 Å². The molecule has 0 N–H and O–H groups in total. The van der Waals surface area contributed by atoms with Crippen molar-refractivity contribution < 1.29 is 9.53 Å². The maximum Gasteiger partial charge on any atom is 0.255 e. The van der Waals surface area contributed by atoms with E-state index in [1.54, 1.807) is 17.0 Å². The zero-order valence-corrected chi connectivity index (χ0v) is 18.3. The van der Waals surface area contributed by atoms with Gasteiger partial charge in [0.25, 0.3) is 5.91 Å². The van der Waals surface area contributed by atoms with E-state index in [2.05, 4.69) is 21.5 Å². The number of fused-ring (bicyclic) bond motifs is 1. The second kappa shape index (κ2) is 8.31. The van der Waals surface area contributed by atoms with E-state index in [9.17, 15) is 4.79 Å². The number of aromatic nitrogens is 2. The Hall–Kier alpha value is -2.52. The summed E-state index contributed by atoms with van der Waals surface area (Å²) in [5.41, 5.74) is 4.66. The van der Waals surface area contributed by atoms with Crippen LogP contribution in [0.5, 0.6) is 0 Å². The Morgan fingerprint density at radius 3 is 2.70 bits per heavy atom. The Bertz CT molecular complexity index is 1190. The summed E-state index contributed by atoms with van der Waals surface area (Å²) in [7, 11) is 1.97. The van der Waals surface area contributed by atoms with Gasteiger partial charge in [-0.3, -0.25) is 4.79 Å². The first kappa shape index (κ1) is 20.7. The lowest BCUT2D eigenvalue weighted by Gasteiger charge is -2.27. The van der Waals surface area contributed by atoms with Gasteiger partial charge in [0, 0.05) is 48.4 Å². The van der Waals surface area contributed by atoms with Crippen molar-refractivity contribution in [2.45, 2.75) is 13.3 Å². The highest BCUT2D eigenvalue weighted by Crippen LogP contribution is 2.33. The highest BCUT2D eigenvalue weighted by Gasteiger charge is 2.23. The van der Waals surface area contributed by atoms with Crippen LogP contribution < -0.4 is 0 Å². The number of terminal acetylenes is 1. The number of hydrogen-bond acceptors (Lipinski definition) is 3. The smallest absolute Gasteiger partial charge is 0.255 e. The normalized spacial score (nSPS) is 14.2. The van der Waals surface area contributed by atoms with E-state index < -0.39 is 0 Å². The summed E-state index contributed by atoms with van der Waals surface area (Å²) in [6, 6.07) is 7.40. The van der Waals surface area contributed by atoms with E-state index >= 15 is 0 Å². The number of benzene rings is 1. The number of ether oxygens (including phenoxy) is 1. The molecule has 0 radical (unpaired) electrons. The summed E-state index contributed by atoms with van der Waals surface area (Å²) < 4.78 is 7.40. The Kier molecular flexibility index (Phi) is 5.75.